The predicted molar refractivity (Wildman–Crippen MR) is 115 cm³/mol. The van der Waals surface area contributed by atoms with Crippen molar-refractivity contribution >= 4 is 64.9 Å². The van der Waals surface area contributed by atoms with Crippen LogP contribution in [0.25, 0.3) is 0 Å². The van der Waals surface area contributed by atoms with Crippen LogP contribution >= 0.6 is 31.9 Å². The number of hydrogen-bond donors (Lipinski definition) is 1. The Hall–Kier alpha value is -1.78. The summed E-state index contributed by atoms with van der Waals surface area (Å²) in [6.07, 6.45) is 0.312. The average molecular weight is 548 g/mol. The van der Waals surface area contributed by atoms with Gasteiger partial charge in [-0.05, 0) is 58.2 Å². The first kappa shape index (κ1) is 21.9. The van der Waals surface area contributed by atoms with Gasteiger partial charge in [-0.3, -0.25) is 9.59 Å². The standard InChI is InChI=1S/C19H17Br2FN2O4S/c1-11(25)24-6-4-12-8-14(21)18(10-17(12)24)29(27,28)7-5-19(26)23-16-3-2-13(20)9-15(16)22/h2-3,8-10H,4-7H2,1H3,(H,23,26). The number of benzene rings is 2. The maximum atomic E-state index is 13.8. The third kappa shape index (κ3) is 4.87. The predicted octanol–water partition coefficient (Wildman–Crippen LogP) is 4.06. The lowest BCUT2D eigenvalue weighted by molar-refractivity contribution is -0.117. The molecule has 0 saturated carbocycles. The Balaban J connectivity index is 1.75. The number of sulfone groups is 1. The molecule has 0 bridgehead atoms. The largest absolute Gasteiger partial charge is 0.324 e. The molecule has 0 aromatic heterocycles. The molecule has 0 spiro atoms. The Morgan fingerprint density at radius 2 is 1.93 bits per heavy atom. The van der Waals surface area contributed by atoms with E-state index in [1.54, 1.807) is 12.1 Å². The fourth-order valence-electron chi connectivity index (χ4n) is 3.09. The van der Waals surface area contributed by atoms with E-state index in [4.69, 9.17) is 0 Å². The third-order valence-corrected chi connectivity index (χ3v) is 7.71. The highest BCUT2D eigenvalue weighted by Crippen LogP contribution is 2.36. The van der Waals surface area contributed by atoms with Crippen molar-refractivity contribution in [3.8, 4) is 0 Å². The van der Waals surface area contributed by atoms with Crippen molar-refractivity contribution in [1.82, 2.24) is 0 Å². The van der Waals surface area contributed by atoms with Crippen molar-refractivity contribution < 1.29 is 22.4 Å². The monoisotopic (exact) mass is 546 g/mol. The van der Waals surface area contributed by atoms with Gasteiger partial charge in [0.1, 0.15) is 5.82 Å². The minimum atomic E-state index is -3.81. The molecule has 3 rings (SSSR count). The first-order valence-corrected chi connectivity index (χ1v) is 11.9. The van der Waals surface area contributed by atoms with Crippen LogP contribution < -0.4 is 10.2 Å². The van der Waals surface area contributed by atoms with E-state index in [9.17, 15) is 22.4 Å². The summed E-state index contributed by atoms with van der Waals surface area (Å²) < 4.78 is 40.4. The number of amides is 2. The van der Waals surface area contributed by atoms with Gasteiger partial charge in [0.2, 0.25) is 11.8 Å². The van der Waals surface area contributed by atoms with Crippen LogP contribution in [0.1, 0.15) is 18.9 Å². The number of carbonyl (C=O) groups is 2. The maximum absolute atomic E-state index is 13.8. The van der Waals surface area contributed by atoms with E-state index in [1.165, 1.54) is 30.0 Å². The highest BCUT2D eigenvalue weighted by atomic mass is 79.9. The average Bonchev–Trinajstić information content (AvgIpc) is 3.04. The summed E-state index contributed by atoms with van der Waals surface area (Å²) in [4.78, 5) is 25.4. The summed E-state index contributed by atoms with van der Waals surface area (Å²) in [5.74, 6) is -1.85. The first-order valence-electron chi connectivity index (χ1n) is 8.66. The van der Waals surface area contributed by atoms with E-state index in [0.29, 0.717) is 27.6 Å². The summed E-state index contributed by atoms with van der Waals surface area (Å²) >= 11 is 6.41. The zero-order valence-electron chi connectivity index (χ0n) is 15.3. The summed E-state index contributed by atoms with van der Waals surface area (Å²) in [6, 6.07) is 7.32. The van der Waals surface area contributed by atoms with Gasteiger partial charge in [0, 0.05) is 34.5 Å². The van der Waals surface area contributed by atoms with Gasteiger partial charge in [-0.2, -0.15) is 0 Å². The van der Waals surface area contributed by atoms with Crippen LogP contribution in [0, 0.1) is 5.82 Å². The number of nitrogens with zero attached hydrogens (tertiary/aromatic N) is 1. The van der Waals surface area contributed by atoms with Gasteiger partial charge in [-0.15, -0.1) is 0 Å². The highest BCUT2D eigenvalue weighted by Gasteiger charge is 2.27. The lowest BCUT2D eigenvalue weighted by Crippen LogP contribution is -2.26. The van der Waals surface area contributed by atoms with Crippen LogP contribution in [-0.2, 0) is 25.8 Å². The molecule has 1 N–H and O–H groups in total. The molecular weight excluding hydrogens is 531 g/mol. The number of rotatable bonds is 5. The second-order valence-corrected chi connectivity index (χ2v) is 10.4. The molecule has 1 aliphatic rings. The fraction of sp³-hybridized carbons (Fsp3) is 0.263. The molecule has 154 valence electrons. The summed E-state index contributed by atoms with van der Waals surface area (Å²) in [5, 5.41) is 2.38. The van der Waals surface area contributed by atoms with Gasteiger partial charge in [-0.1, -0.05) is 15.9 Å². The Bertz CT molecular complexity index is 1110. The lowest BCUT2D eigenvalue weighted by atomic mass is 10.2. The molecule has 1 heterocycles. The highest BCUT2D eigenvalue weighted by molar-refractivity contribution is 9.10. The molecule has 2 aromatic carbocycles. The lowest BCUT2D eigenvalue weighted by Gasteiger charge is -2.16. The second kappa shape index (κ2) is 8.53. The van der Waals surface area contributed by atoms with Crippen molar-refractivity contribution in [2.75, 3.05) is 22.5 Å². The van der Waals surface area contributed by atoms with Crippen LogP contribution in [0.4, 0.5) is 15.8 Å². The smallest absolute Gasteiger partial charge is 0.225 e. The minimum Gasteiger partial charge on any atom is -0.324 e. The van der Waals surface area contributed by atoms with Crippen molar-refractivity contribution in [2.45, 2.75) is 24.7 Å². The zero-order chi connectivity index (χ0) is 21.3. The molecule has 1 aliphatic heterocycles. The van der Waals surface area contributed by atoms with Crippen LogP contribution in [0.2, 0.25) is 0 Å². The van der Waals surface area contributed by atoms with E-state index in [2.05, 4.69) is 37.2 Å². The van der Waals surface area contributed by atoms with Crippen LogP contribution in [0.15, 0.2) is 44.2 Å². The normalized spacial score (nSPS) is 13.3. The Morgan fingerprint density at radius 1 is 1.21 bits per heavy atom. The van der Waals surface area contributed by atoms with Crippen molar-refractivity contribution in [3.05, 3.63) is 50.7 Å². The van der Waals surface area contributed by atoms with Gasteiger partial charge >= 0.3 is 0 Å². The number of hydrogen-bond acceptors (Lipinski definition) is 4. The van der Waals surface area contributed by atoms with Crippen LogP contribution in [-0.4, -0.2) is 32.5 Å². The molecule has 0 fully saturated rings. The summed E-state index contributed by atoms with van der Waals surface area (Å²) in [6.45, 7) is 1.93. The Morgan fingerprint density at radius 3 is 2.59 bits per heavy atom. The Kier molecular flexibility index (Phi) is 6.45. The quantitative estimate of drug-likeness (QED) is 0.612. The van der Waals surface area contributed by atoms with Gasteiger partial charge in [0.15, 0.2) is 9.84 Å². The summed E-state index contributed by atoms with van der Waals surface area (Å²) in [7, 11) is -3.81. The Labute approximate surface area is 184 Å². The van der Waals surface area contributed by atoms with Gasteiger partial charge in [0.05, 0.1) is 16.3 Å². The SMILES string of the molecule is CC(=O)N1CCc2cc(Br)c(S(=O)(=O)CCC(=O)Nc3ccc(Br)cc3F)cc21. The molecule has 2 amide bonds. The van der Waals surface area contributed by atoms with Crippen LogP contribution in [0.3, 0.4) is 0 Å². The van der Waals surface area contributed by atoms with Crippen molar-refractivity contribution in [2.24, 2.45) is 0 Å². The first-order chi connectivity index (χ1) is 13.6. The molecule has 0 unspecified atom stereocenters. The molecular formula is C19H17Br2FN2O4S. The maximum Gasteiger partial charge on any atom is 0.225 e. The molecule has 29 heavy (non-hydrogen) atoms. The molecule has 0 radical (unpaired) electrons. The van der Waals surface area contributed by atoms with E-state index in [1.807, 2.05) is 0 Å². The third-order valence-electron chi connectivity index (χ3n) is 4.55. The molecule has 6 nitrogen and oxygen atoms in total. The van der Waals surface area contributed by atoms with Gasteiger partial charge in [-0.25, -0.2) is 12.8 Å². The molecule has 0 saturated heterocycles. The fourth-order valence-corrected chi connectivity index (χ4v) is 5.88. The van der Waals surface area contributed by atoms with E-state index in [-0.39, 0.29) is 22.9 Å². The van der Waals surface area contributed by atoms with E-state index >= 15 is 0 Å². The van der Waals surface area contributed by atoms with Crippen LogP contribution in [0.5, 0.6) is 0 Å². The number of nitrogens with one attached hydrogen (secondary N) is 1. The zero-order valence-corrected chi connectivity index (χ0v) is 19.3. The van der Waals surface area contributed by atoms with E-state index < -0.39 is 27.3 Å². The van der Waals surface area contributed by atoms with Gasteiger partial charge in [0.25, 0.3) is 0 Å². The number of carbonyl (C=O) groups excluding carboxylic acids is 2. The number of halogens is 3. The second-order valence-electron chi connectivity index (χ2n) is 6.57. The number of anilines is 2. The molecule has 2 aromatic rings. The molecule has 0 aliphatic carbocycles. The van der Waals surface area contributed by atoms with Crippen molar-refractivity contribution in [3.63, 3.8) is 0 Å². The van der Waals surface area contributed by atoms with Crippen molar-refractivity contribution in [1.29, 1.82) is 0 Å². The molecule has 0 atom stereocenters. The van der Waals surface area contributed by atoms with E-state index in [0.717, 1.165) is 5.56 Å². The number of fused-ring (bicyclic) bond motifs is 1. The summed E-state index contributed by atoms with van der Waals surface area (Å²) in [5.41, 5.74) is 1.43. The van der Waals surface area contributed by atoms with Gasteiger partial charge < -0.3 is 10.2 Å². The topological polar surface area (TPSA) is 83.6 Å². The molecule has 10 heteroatoms. The minimum absolute atomic E-state index is 0.0204.